The van der Waals surface area contributed by atoms with E-state index in [0.29, 0.717) is 16.0 Å². The third kappa shape index (κ3) is 2.56. The molecule has 0 saturated heterocycles. The minimum absolute atomic E-state index is 0.0638. The summed E-state index contributed by atoms with van der Waals surface area (Å²) in [7, 11) is 3.33. The standard InChI is InChI=1S/C14H16BrN3O2/c1-7-8(2)17-14(18-13(7)16-3)9-5-10(15)12(19)11(6-9)20-4/h5-6,19H,1-4H3,(H,16,17,18). The summed E-state index contributed by atoms with van der Waals surface area (Å²) >= 11 is 3.30. The van der Waals surface area contributed by atoms with E-state index in [9.17, 15) is 5.11 Å². The molecule has 20 heavy (non-hydrogen) atoms. The predicted molar refractivity (Wildman–Crippen MR) is 82.4 cm³/mol. The number of phenolic OH excluding ortho intramolecular Hbond substituents is 1. The molecule has 2 aromatic rings. The summed E-state index contributed by atoms with van der Waals surface area (Å²) in [6, 6.07) is 3.48. The van der Waals surface area contributed by atoms with Gasteiger partial charge in [0.2, 0.25) is 0 Å². The van der Waals surface area contributed by atoms with Crippen molar-refractivity contribution in [3.05, 3.63) is 27.9 Å². The van der Waals surface area contributed by atoms with Crippen molar-refractivity contribution >= 4 is 21.7 Å². The van der Waals surface area contributed by atoms with Gasteiger partial charge in [0.25, 0.3) is 0 Å². The van der Waals surface area contributed by atoms with E-state index in [-0.39, 0.29) is 5.75 Å². The Kier molecular flexibility index (Phi) is 4.13. The van der Waals surface area contributed by atoms with Crippen molar-refractivity contribution in [2.75, 3.05) is 19.5 Å². The lowest BCUT2D eigenvalue weighted by Crippen LogP contribution is -2.02. The number of anilines is 1. The second-order valence-electron chi connectivity index (χ2n) is 4.37. The highest BCUT2D eigenvalue weighted by Crippen LogP contribution is 2.38. The second-order valence-corrected chi connectivity index (χ2v) is 5.22. The number of halogens is 1. The Morgan fingerprint density at radius 3 is 2.55 bits per heavy atom. The zero-order valence-corrected chi connectivity index (χ0v) is 13.4. The lowest BCUT2D eigenvalue weighted by Gasteiger charge is -2.12. The highest BCUT2D eigenvalue weighted by molar-refractivity contribution is 9.10. The number of aryl methyl sites for hydroxylation is 1. The number of hydrogen-bond donors (Lipinski definition) is 2. The number of nitrogens with one attached hydrogen (secondary N) is 1. The van der Waals surface area contributed by atoms with E-state index >= 15 is 0 Å². The van der Waals surface area contributed by atoms with Gasteiger partial charge in [0.15, 0.2) is 17.3 Å². The van der Waals surface area contributed by atoms with Crippen molar-refractivity contribution in [1.82, 2.24) is 9.97 Å². The van der Waals surface area contributed by atoms with Crippen molar-refractivity contribution in [2.45, 2.75) is 13.8 Å². The maximum absolute atomic E-state index is 9.84. The summed E-state index contributed by atoms with van der Waals surface area (Å²) in [4.78, 5) is 8.98. The Bertz CT molecular complexity index is 602. The molecular weight excluding hydrogens is 322 g/mol. The van der Waals surface area contributed by atoms with Gasteiger partial charge >= 0.3 is 0 Å². The van der Waals surface area contributed by atoms with Gasteiger partial charge in [0, 0.05) is 23.9 Å². The van der Waals surface area contributed by atoms with E-state index in [2.05, 4.69) is 31.2 Å². The van der Waals surface area contributed by atoms with E-state index in [0.717, 1.165) is 22.6 Å². The maximum Gasteiger partial charge on any atom is 0.172 e. The van der Waals surface area contributed by atoms with Crippen molar-refractivity contribution in [3.8, 4) is 22.9 Å². The Labute approximate surface area is 126 Å². The summed E-state index contributed by atoms with van der Waals surface area (Å²) in [6.45, 7) is 3.91. The fourth-order valence-electron chi connectivity index (χ4n) is 1.86. The highest BCUT2D eigenvalue weighted by Gasteiger charge is 2.14. The van der Waals surface area contributed by atoms with Crippen LogP contribution in [0.3, 0.4) is 0 Å². The van der Waals surface area contributed by atoms with Crippen molar-refractivity contribution in [2.24, 2.45) is 0 Å². The number of phenols is 1. The molecule has 0 bridgehead atoms. The Morgan fingerprint density at radius 2 is 1.95 bits per heavy atom. The molecule has 106 valence electrons. The van der Waals surface area contributed by atoms with Gasteiger partial charge in [0.05, 0.1) is 11.6 Å². The smallest absolute Gasteiger partial charge is 0.172 e. The number of methoxy groups -OCH3 is 1. The van der Waals surface area contributed by atoms with Crippen LogP contribution in [0.25, 0.3) is 11.4 Å². The van der Waals surface area contributed by atoms with Crippen LogP contribution in [0.2, 0.25) is 0 Å². The normalized spacial score (nSPS) is 10.4. The first-order valence-electron chi connectivity index (χ1n) is 6.07. The van der Waals surface area contributed by atoms with Gasteiger partial charge in [-0.1, -0.05) is 0 Å². The molecule has 2 N–H and O–H groups in total. The molecule has 2 rings (SSSR count). The van der Waals surface area contributed by atoms with Gasteiger partial charge in [-0.2, -0.15) is 0 Å². The van der Waals surface area contributed by atoms with Gasteiger partial charge in [-0.05, 0) is 41.9 Å². The fraction of sp³-hybridized carbons (Fsp3) is 0.286. The molecule has 0 spiro atoms. The Balaban J connectivity index is 2.62. The first-order chi connectivity index (χ1) is 9.47. The van der Waals surface area contributed by atoms with Crippen LogP contribution >= 0.6 is 15.9 Å². The largest absolute Gasteiger partial charge is 0.503 e. The Morgan fingerprint density at radius 1 is 1.25 bits per heavy atom. The lowest BCUT2D eigenvalue weighted by molar-refractivity contribution is 0.372. The van der Waals surface area contributed by atoms with E-state index in [1.54, 1.807) is 12.1 Å². The van der Waals surface area contributed by atoms with Crippen LogP contribution in [0.15, 0.2) is 16.6 Å². The van der Waals surface area contributed by atoms with Crippen molar-refractivity contribution in [3.63, 3.8) is 0 Å². The molecule has 0 radical (unpaired) electrons. The van der Waals surface area contributed by atoms with Gasteiger partial charge in [-0.25, -0.2) is 9.97 Å². The van der Waals surface area contributed by atoms with Crippen LogP contribution in [-0.2, 0) is 0 Å². The Hall–Kier alpha value is -1.82. The van der Waals surface area contributed by atoms with E-state index in [1.165, 1.54) is 7.11 Å². The SMILES string of the molecule is CNc1nc(-c2cc(Br)c(O)c(OC)c2)nc(C)c1C. The second kappa shape index (κ2) is 5.66. The van der Waals surface area contributed by atoms with Gasteiger partial charge in [0.1, 0.15) is 5.82 Å². The van der Waals surface area contributed by atoms with E-state index in [1.807, 2.05) is 20.9 Å². The van der Waals surface area contributed by atoms with Crippen LogP contribution in [0.1, 0.15) is 11.3 Å². The summed E-state index contributed by atoms with van der Waals surface area (Å²) in [6.07, 6.45) is 0. The van der Waals surface area contributed by atoms with Crippen LogP contribution in [0, 0.1) is 13.8 Å². The topological polar surface area (TPSA) is 67.3 Å². The van der Waals surface area contributed by atoms with E-state index < -0.39 is 0 Å². The summed E-state index contributed by atoms with van der Waals surface area (Å²) in [5, 5.41) is 12.9. The molecule has 0 saturated carbocycles. The molecule has 0 aliphatic carbocycles. The zero-order valence-electron chi connectivity index (χ0n) is 11.8. The first kappa shape index (κ1) is 14.6. The van der Waals surface area contributed by atoms with Crippen molar-refractivity contribution < 1.29 is 9.84 Å². The molecule has 0 amide bonds. The number of benzene rings is 1. The van der Waals surface area contributed by atoms with Crippen LogP contribution in [0.5, 0.6) is 11.5 Å². The molecule has 0 aliphatic heterocycles. The monoisotopic (exact) mass is 337 g/mol. The molecular formula is C14H16BrN3O2. The third-order valence-corrected chi connectivity index (χ3v) is 3.74. The number of aromatic nitrogens is 2. The average Bonchev–Trinajstić information content (AvgIpc) is 2.44. The molecule has 0 atom stereocenters. The molecule has 5 nitrogen and oxygen atoms in total. The van der Waals surface area contributed by atoms with Gasteiger partial charge in [-0.15, -0.1) is 0 Å². The minimum Gasteiger partial charge on any atom is -0.503 e. The quantitative estimate of drug-likeness (QED) is 0.899. The van der Waals surface area contributed by atoms with Crippen molar-refractivity contribution in [1.29, 1.82) is 0 Å². The maximum atomic E-state index is 9.84. The molecule has 1 heterocycles. The van der Waals surface area contributed by atoms with Crippen LogP contribution in [-0.4, -0.2) is 29.2 Å². The summed E-state index contributed by atoms with van der Waals surface area (Å²) in [5.41, 5.74) is 2.69. The molecule has 0 fully saturated rings. The molecule has 6 heteroatoms. The van der Waals surface area contributed by atoms with Crippen LogP contribution < -0.4 is 10.1 Å². The lowest BCUT2D eigenvalue weighted by atomic mass is 10.1. The number of rotatable bonds is 3. The fourth-order valence-corrected chi connectivity index (χ4v) is 2.30. The number of ether oxygens (including phenoxy) is 1. The number of nitrogens with zero attached hydrogens (tertiary/aromatic N) is 2. The highest BCUT2D eigenvalue weighted by atomic mass is 79.9. The first-order valence-corrected chi connectivity index (χ1v) is 6.87. The van der Waals surface area contributed by atoms with Gasteiger partial charge < -0.3 is 15.2 Å². The van der Waals surface area contributed by atoms with E-state index in [4.69, 9.17) is 4.74 Å². The molecule has 1 aromatic carbocycles. The van der Waals surface area contributed by atoms with Crippen LogP contribution in [0.4, 0.5) is 5.82 Å². The summed E-state index contributed by atoms with van der Waals surface area (Å²) in [5.74, 6) is 1.81. The molecule has 0 unspecified atom stereocenters. The number of hydrogen-bond acceptors (Lipinski definition) is 5. The predicted octanol–water partition coefficient (Wildman–Crippen LogP) is 3.28. The van der Waals surface area contributed by atoms with Gasteiger partial charge in [-0.3, -0.25) is 0 Å². The molecule has 0 aliphatic rings. The average molecular weight is 338 g/mol. The zero-order chi connectivity index (χ0) is 14.9. The third-order valence-electron chi connectivity index (χ3n) is 3.13. The molecule has 1 aromatic heterocycles. The minimum atomic E-state index is 0.0638. The summed E-state index contributed by atoms with van der Waals surface area (Å²) < 4.78 is 5.69. The number of aromatic hydroxyl groups is 1.